The third-order valence-electron chi connectivity index (χ3n) is 1.74. The first-order valence-corrected chi connectivity index (χ1v) is 3.42. The van der Waals surface area contributed by atoms with Crippen LogP contribution in [0.2, 0.25) is 0 Å². The summed E-state index contributed by atoms with van der Waals surface area (Å²) >= 11 is 0. The summed E-state index contributed by atoms with van der Waals surface area (Å²) in [5.74, 6) is 0. The van der Waals surface area contributed by atoms with Gasteiger partial charge in [0.05, 0.1) is 0 Å². The minimum atomic E-state index is -0.860. The predicted molar refractivity (Wildman–Crippen MR) is 38.5 cm³/mol. The van der Waals surface area contributed by atoms with Crippen molar-refractivity contribution in [2.75, 3.05) is 0 Å². The van der Waals surface area contributed by atoms with Crippen LogP contribution in [0.25, 0.3) is 0 Å². The minimum absolute atomic E-state index is 0.0845. The van der Waals surface area contributed by atoms with E-state index < -0.39 is 11.0 Å². The molecule has 60 valence electrons. The Bertz CT molecular complexity index is 212. The Hall–Kier alpha value is -1.26. The van der Waals surface area contributed by atoms with E-state index in [1.807, 2.05) is 0 Å². The summed E-state index contributed by atoms with van der Waals surface area (Å²) in [4.78, 5) is 19.9. The number of nitrogens with zero attached hydrogens (tertiary/aromatic N) is 2. The molecule has 0 bridgehead atoms. The van der Waals surface area contributed by atoms with Crippen LogP contribution in [0, 0.1) is 15.0 Å². The number of hydrogen-bond acceptors (Lipinski definition) is 4. The maximum Gasteiger partial charge on any atom is 0.257 e. The molecule has 0 amide bonds. The Morgan fingerprint density at radius 3 is 2.91 bits per heavy atom. The first kappa shape index (κ1) is 7.84. The van der Waals surface area contributed by atoms with Crippen LogP contribution in [-0.4, -0.2) is 11.0 Å². The molecule has 5 nitrogen and oxygen atoms in total. The van der Waals surface area contributed by atoms with E-state index in [0.717, 1.165) is 12.8 Å². The van der Waals surface area contributed by atoms with Crippen molar-refractivity contribution in [3.05, 3.63) is 26.8 Å². The van der Waals surface area contributed by atoms with Gasteiger partial charge < -0.3 is 0 Å². The van der Waals surface area contributed by atoms with Crippen molar-refractivity contribution in [3.63, 3.8) is 0 Å². The van der Waals surface area contributed by atoms with Gasteiger partial charge in [-0.25, -0.2) is 0 Å². The summed E-state index contributed by atoms with van der Waals surface area (Å²) in [6, 6.07) is -0.860. The summed E-state index contributed by atoms with van der Waals surface area (Å²) in [5, 5.41) is 12.9. The molecule has 0 saturated heterocycles. The summed E-state index contributed by atoms with van der Waals surface area (Å²) in [6.07, 6.45) is 3.48. The van der Waals surface area contributed by atoms with Crippen LogP contribution in [0.4, 0.5) is 0 Å². The monoisotopic (exact) mass is 156 g/mol. The average Bonchev–Trinajstić information content (AvgIpc) is 2.04. The molecule has 1 aliphatic rings. The van der Waals surface area contributed by atoms with Gasteiger partial charge in [0.25, 0.3) is 6.04 Å². The molecular weight excluding hydrogens is 148 g/mol. The zero-order valence-corrected chi connectivity index (χ0v) is 5.90. The Balaban J connectivity index is 2.77. The number of nitroso groups, excluding NO2 is 1. The Kier molecular flexibility index (Phi) is 2.30. The van der Waals surface area contributed by atoms with Crippen LogP contribution in [0.15, 0.2) is 16.9 Å². The van der Waals surface area contributed by atoms with E-state index in [2.05, 4.69) is 5.18 Å². The van der Waals surface area contributed by atoms with Crippen molar-refractivity contribution in [1.82, 2.24) is 0 Å². The largest absolute Gasteiger partial charge is 0.264 e. The van der Waals surface area contributed by atoms with Crippen LogP contribution >= 0.6 is 0 Å². The number of allylic oxidation sites excluding steroid dienone is 1. The van der Waals surface area contributed by atoms with Crippen LogP contribution in [-0.2, 0) is 0 Å². The third kappa shape index (κ3) is 1.60. The zero-order chi connectivity index (χ0) is 8.27. The first-order valence-electron chi connectivity index (χ1n) is 3.42. The van der Waals surface area contributed by atoms with Gasteiger partial charge in [-0.1, -0.05) is 6.08 Å². The van der Waals surface area contributed by atoms with Crippen LogP contribution in [0.1, 0.15) is 19.3 Å². The van der Waals surface area contributed by atoms with E-state index in [-0.39, 0.29) is 5.70 Å². The lowest BCUT2D eigenvalue weighted by atomic mass is 10.0. The molecule has 11 heavy (non-hydrogen) atoms. The molecule has 1 atom stereocenters. The summed E-state index contributed by atoms with van der Waals surface area (Å²) in [6.45, 7) is 0. The fraction of sp³-hybridized carbons (Fsp3) is 0.667. The number of rotatable bonds is 2. The highest BCUT2D eigenvalue weighted by Crippen LogP contribution is 2.20. The molecule has 0 N–H and O–H groups in total. The predicted octanol–water partition coefficient (Wildman–Crippen LogP) is 1.47. The van der Waals surface area contributed by atoms with Crippen molar-refractivity contribution in [2.24, 2.45) is 5.18 Å². The van der Waals surface area contributed by atoms with Gasteiger partial charge in [0.1, 0.15) is 0 Å². The third-order valence-corrected chi connectivity index (χ3v) is 1.74. The smallest absolute Gasteiger partial charge is 0.257 e. The van der Waals surface area contributed by atoms with Crippen molar-refractivity contribution in [3.8, 4) is 0 Å². The van der Waals surface area contributed by atoms with Gasteiger partial charge in [-0.3, -0.25) is 10.1 Å². The van der Waals surface area contributed by atoms with E-state index in [1.54, 1.807) is 6.08 Å². The van der Waals surface area contributed by atoms with Crippen molar-refractivity contribution in [1.29, 1.82) is 0 Å². The summed E-state index contributed by atoms with van der Waals surface area (Å²) in [5.41, 5.74) is 0.0845. The van der Waals surface area contributed by atoms with Gasteiger partial charge in [0.2, 0.25) is 0 Å². The molecule has 5 heteroatoms. The number of nitro groups is 1. The molecule has 0 aromatic carbocycles. The summed E-state index contributed by atoms with van der Waals surface area (Å²) in [7, 11) is 0. The van der Waals surface area contributed by atoms with Crippen molar-refractivity contribution >= 4 is 0 Å². The van der Waals surface area contributed by atoms with Gasteiger partial charge in [-0.05, 0) is 18.0 Å². The number of hydrogen-bond donors (Lipinski definition) is 0. The topological polar surface area (TPSA) is 72.6 Å². The lowest BCUT2D eigenvalue weighted by molar-refractivity contribution is -0.513. The molecule has 0 aromatic rings. The molecule has 0 heterocycles. The van der Waals surface area contributed by atoms with Gasteiger partial charge >= 0.3 is 0 Å². The highest BCUT2D eigenvalue weighted by Gasteiger charge is 2.28. The zero-order valence-electron chi connectivity index (χ0n) is 5.90. The molecule has 1 rings (SSSR count). The Morgan fingerprint density at radius 2 is 2.45 bits per heavy atom. The second kappa shape index (κ2) is 3.23. The molecule has 0 spiro atoms. The lowest BCUT2D eigenvalue weighted by Gasteiger charge is -2.11. The van der Waals surface area contributed by atoms with Crippen molar-refractivity contribution in [2.45, 2.75) is 25.3 Å². The average molecular weight is 156 g/mol. The molecular formula is C6H8N2O3. The molecule has 0 unspecified atom stereocenters. The standard InChI is InChI=1S/C6H8N2O3/c9-7-5-3-1-2-4-6(5)8(10)11/h3,6H,1-2,4H2/t6-/m0/s1. The molecule has 0 aromatic heterocycles. The molecule has 0 saturated carbocycles. The normalized spacial score (nSPS) is 24.0. The Labute approximate surface area is 63.2 Å². The second-order valence-electron chi connectivity index (χ2n) is 2.45. The van der Waals surface area contributed by atoms with Gasteiger partial charge in [0, 0.05) is 11.3 Å². The van der Waals surface area contributed by atoms with Crippen LogP contribution < -0.4 is 0 Å². The fourth-order valence-electron chi connectivity index (χ4n) is 1.16. The minimum Gasteiger partial charge on any atom is -0.264 e. The van der Waals surface area contributed by atoms with Gasteiger partial charge in [-0.15, -0.1) is 4.91 Å². The highest BCUT2D eigenvalue weighted by atomic mass is 16.6. The molecule has 0 fully saturated rings. The highest BCUT2D eigenvalue weighted by molar-refractivity contribution is 5.08. The van der Waals surface area contributed by atoms with Gasteiger partial charge in [-0.2, -0.15) is 0 Å². The lowest BCUT2D eigenvalue weighted by Crippen LogP contribution is -2.23. The second-order valence-corrected chi connectivity index (χ2v) is 2.45. The van der Waals surface area contributed by atoms with E-state index >= 15 is 0 Å². The van der Waals surface area contributed by atoms with Crippen molar-refractivity contribution < 1.29 is 4.92 Å². The van der Waals surface area contributed by atoms with Crippen LogP contribution in [0.3, 0.4) is 0 Å². The van der Waals surface area contributed by atoms with E-state index in [0.29, 0.717) is 6.42 Å². The van der Waals surface area contributed by atoms with Crippen LogP contribution in [0.5, 0.6) is 0 Å². The quantitative estimate of drug-likeness (QED) is 0.345. The molecule has 0 radical (unpaired) electrons. The maximum absolute atomic E-state index is 10.3. The molecule has 1 aliphatic carbocycles. The van der Waals surface area contributed by atoms with Gasteiger partial charge in [0.15, 0.2) is 5.70 Å². The SMILES string of the molecule is O=NC1=CCCC[C@@H]1[N+](=O)[O-]. The van der Waals surface area contributed by atoms with E-state index in [9.17, 15) is 15.0 Å². The molecule has 0 aliphatic heterocycles. The Morgan fingerprint density at radius 1 is 1.73 bits per heavy atom. The van der Waals surface area contributed by atoms with E-state index in [1.165, 1.54) is 0 Å². The maximum atomic E-state index is 10.3. The first-order chi connectivity index (χ1) is 5.25. The van der Waals surface area contributed by atoms with E-state index in [4.69, 9.17) is 0 Å². The fourth-order valence-corrected chi connectivity index (χ4v) is 1.16. The summed E-state index contributed by atoms with van der Waals surface area (Å²) < 4.78 is 0.